The molecule has 0 aromatic heterocycles. The third-order valence-corrected chi connectivity index (χ3v) is 6.61. The normalized spacial score (nSPS) is 22.6. The smallest absolute Gasteiger partial charge is 0.406 e. The van der Waals surface area contributed by atoms with Crippen LogP contribution in [-0.2, 0) is 4.79 Å². The van der Waals surface area contributed by atoms with Crippen LogP contribution >= 0.6 is 11.6 Å². The van der Waals surface area contributed by atoms with E-state index >= 15 is 0 Å². The van der Waals surface area contributed by atoms with Gasteiger partial charge in [0.1, 0.15) is 5.75 Å². The lowest BCUT2D eigenvalue weighted by molar-refractivity contribution is -0.274. The monoisotopic (exact) mass is 495 g/mol. The fourth-order valence-corrected chi connectivity index (χ4v) is 5.03. The van der Waals surface area contributed by atoms with E-state index in [1.165, 1.54) is 12.1 Å². The molecular formula is C24H25ClF3N3O3. The molecular weight excluding hydrogens is 471 g/mol. The van der Waals surface area contributed by atoms with Crippen molar-refractivity contribution in [3.8, 4) is 5.75 Å². The number of nitrogens with one attached hydrogen (secondary N) is 2. The topological polar surface area (TPSA) is 70.7 Å². The van der Waals surface area contributed by atoms with Gasteiger partial charge in [-0.05, 0) is 62.1 Å². The van der Waals surface area contributed by atoms with Gasteiger partial charge >= 0.3 is 6.36 Å². The van der Waals surface area contributed by atoms with Gasteiger partial charge in [0, 0.05) is 23.7 Å². The highest BCUT2D eigenvalue weighted by atomic mass is 35.5. The third kappa shape index (κ3) is 6.21. The van der Waals surface area contributed by atoms with Crippen LogP contribution in [0.5, 0.6) is 5.75 Å². The summed E-state index contributed by atoms with van der Waals surface area (Å²) in [5, 5.41) is 6.36. The molecule has 2 atom stereocenters. The first kappa shape index (κ1) is 24.3. The van der Waals surface area contributed by atoms with Crippen molar-refractivity contribution in [3.05, 3.63) is 59.1 Å². The molecule has 10 heteroatoms. The molecule has 0 spiro atoms. The molecule has 0 radical (unpaired) electrons. The lowest BCUT2D eigenvalue weighted by Gasteiger charge is -2.48. The minimum atomic E-state index is -4.78. The average Bonchev–Trinajstić information content (AvgIpc) is 2.75. The fourth-order valence-electron chi connectivity index (χ4n) is 4.85. The summed E-state index contributed by atoms with van der Waals surface area (Å²) in [6.07, 6.45) is -0.426. The number of hydrogen-bond acceptors (Lipinski definition) is 4. The van der Waals surface area contributed by atoms with Crippen LogP contribution in [0.15, 0.2) is 48.5 Å². The lowest BCUT2D eigenvalue weighted by Crippen LogP contribution is -2.58. The second-order valence-corrected chi connectivity index (χ2v) is 9.06. The number of anilines is 1. The molecule has 2 unspecified atom stereocenters. The molecule has 2 aromatic carbocycles. The molecule has 2 N–H and O–H groups in total. The first-order valence-electron chi connectivity index (χ1n) is 11.1. The Labute approximate surface area is 200 Å². The van der Waals surface area contributed by atoms with Crippen LogP contribution in [0, 0.1) is 0 Å². The third-order valence-electron chi connectivity index (χ3n) is 6.29. The number of alkyl halides is 3. The molecule has 2 bridgehead atoms. The summed E-state index contributed by atoms with van der Waals surface area (Å²) in [4.78, 5) is 27.5. The van der Waals surface area contributed by atoms with Gasteiger partial charge in [-0.3, -0.25) is 14.5 Å². The highest BCUT2D eigenvalue weighted by Crippen LogP contribution is 2.34. The van der Waals surface area contributed by atoms with Crippen LogP contribution in [0.4, 0.5) is 18.9 Å². The highest BCUT2D eigenvalue weighted by molar-refractivity contribution is 6.33. The molecule has 2 amide bonds. The van der Waals surface area contributed by atoms with E-state index in [-0.39, 0.29) is 47.8 Å². The minimum absolute atomic E-state index is 0.0724. The second-order valence-electron chi connectivity index (χ2n) is 8.65. The first-order chi connectivity index (χ1) is 16.2. The molecule has 2 heterocycles. The molecule has 4 rings (SSSR count). The van der Waals surface area contributed by atoms with E-state index in [1.807, 2.05) is 0 Å². The van der Waals surface area contributed by atoms with Crippen molar-refractivity contribution in [3.63, 3.8) is 0 Å². The molecule has 34 heavy (non-hydrogen) atoms. The molecule has 0 aliphatic carbocycles. The van der Waals surface area contributed by atoms with Crippen LogP contribution in [0.2, 0.25) is 5.02 Å². The number of nitrogens with zero attached hydrogens (tertiary/aromatic N) is 1. The van der Waals surface area contributed by atoms with E-state index in [2.05, 4.69) is 20.3 Å². The Hall–Kier alpha value is -2.78. The van der Waals surface area contributed by atoms with Crippen molar-refractivity contribution in [2.24, 2.45) is 0 Å². The predicted octanol–water partition coefficient (Wildman–Crippen LogP) is 4.99. The van der Waals surface area contributed by atoms with Crippen molar-refractivity contribution in [2.75, 3.05) is 11.9 Å². The average molecular weight is 496 g/mol. The number of hydrogen-bond donors (Lipinski definition) is 2. The van der Waals surface area contributed by atoms with Crippen LogP contribution < -0.4 is 15.4 Å². The zero-order valence-corrected chi connectivity index (χ0v) is 19.0. The number of carbonyl (C=O) groups is 2. The number of rotatable bonds is 6. The molecule has 2 aliphatic rings. The second kappa shape index (κ2) is 10.2. The number of carbonyl (C=O) groups excluding carboxylic acids is 2. The largest absolute Gasteiger partial charge is 0.573 e. The summed E-state index contributed by atoms with van der Waals surface area (Å²) >= 11 is 6.14. The Morgan fingerprint density at radius 3 is 2.29 bits per heavy atom. The van der Waals surface area contributed by atoms with Crippen LogP contribution in [-0.4, -0.2) is 47.7 Å². The number of amides is 2. The minimum Gasteiger partial charge on any atom is -0.406 e. The van der Waals surface area contributed by atoms with Crippen molar-refractivity contribution < 1.29 is 27.5 Å². The molecule has 182 valence electrons. The van der Waals surface area contributed by atoms with E-state index in [4.69, 9.17) is 11.6 Å². The molecule has 2 aliphatic heterocycles. The van der Waals surface area contributed by atoms with Crippen LogP contribution in [0.25, 0.3) is 0 Å². The fraction of sp³-hybridized carbons (Fsp3) is 0.417. The molecule has 2 saturated heterocycles. The Morgan fingerprint density at radius 2 is 1.68 bits per heavy atom. The van der Waals surface area contributed by atoms with Gasteiger partial charge in [0.25, 0.3) is 5.91 Å². The number of halogens is 4. The van der Waals surface area contributed by atoms with E-state index in [0.717, 1.165) is 31.4 Å². The highest BCUT2D eigenvalue weighted by Gasteiger charge is 2.39. The quantitative estimate of drug-likeness (QED) is 0.592. The van der Waals surface area contributed by atoms with Crippen molar-refractivity contribution >= 4 is 29.1 Å². The molecule has 2 fully saturated rings. The molecule has 0 saturated carbocycles. The Balaban J connectivity index is 1.33. The first-order valence-corrected chi connectivity index (χ1v) is 11.5. The maximum atomic E-state index is 12.7. The Morgan fingerprint density at radius 1 is 1.03 bits per heavy atom. The SMILES string of the molecule is O=C(CN1C2CCCC1CC(NC(=O)c1ccc(OC(F)(F)F)cc1)C2)Nc1ccccc1Cl. The zero-order valence-electron chi connectivity index (χ0n) is 18.3. The Kier molecular flexibility index (Phi) is 7.33. The summed E-state index contributed by atoms with van der Waals surface area (Å²) in [5.41, 5.74) is 0.842. The maximum Gasteiger partial charge on any atom is 0.573 e. The zero-order chi connectivity index (χ0) is 24.3. The van der Waals surface area contributed by atoms with E-state index < -0.39 is 6.36 Å². The summed E-state index contributed by atoms with van der Waals surface area (Å²) in [7, 11) is 0. The van der Waals surface area contributed by atoms with E-state index in [1.54, 1.807) is 24.3 Å². The van der Waals surface area contributed by atoms with Gasteiger partial charge < -0.3 is 15.4 Å². The van der Waals surface area contributed by atoms with Crippen LogP contribution in [0.1, 0.15) is 42.5 Å². The summed E-state index contributed by atoms with van der Waals surface area (Å²) in [5.74, 6) is -0.845. The number of benzene rings is 2. The van der Waals surface area contributed by atoms with E-state index in [9.17, 15) is 22.8 Å². The van der Waals surface area contributed by atoms with Gasteiger partial charge in [-0.2, -0.15) is 0 Å². The summed E-state index contributed by atoms with van der Waals surface area (Å²) < 4.78 is 40.8. The standard InChI is InChI=1S/C24H25ClF3N3O3/c25-20-6-1-2-7-21(20)30-22(32)14-31-17-4-3-5-18(31)13-16(12-17)29-23(33)15-8-10-19(11-9-15)34-24(26,27)28/h1-2,6-11,16-18H,3-5,12-14H2,(H,29,33)(H,30,32). The molecule has 6 nitrogen and oxygen atoms in total. The van der Waals surface area contributed by atoms with Gasteiger partial charge in [0.05, 0.1) is 17.3 Å². The maximum absolute atomic E-state index is 12.7. The van der Waals surface area contributed by atoms with Crippen molar-refractivity contribution in [1.29, 1.82) is 0 Å². The summed E-state index contributed by atoms with van der Waals surface area (Å²) in [6.45, 7) is 0.252. The van der Waals surface area contributed by atoms with Crippen molar-refractivity contribution in [1.82, 2.24) is 10.2 Å². The number of fused-ring (bicyclic) bond motifs is 2. The number of para-hydroxylation sites is 1. The lowest BCUT2D eigenvalue weighted by atomic mass is 9.81. The van der Waals surface area contributed by atoms with Gasteiger partial charge in [0.15, 0.2) is 0 Å². The predicted molar refractivity (Wildman–Crippen MR) is 122 cm³/mol. The van der Waals surface area contributed by atoms with Crippen LogP contribution in [0.3, 0.4) is 0 Å². The van der Waals surface area contributed by atoms with Gasteiger partial charge in [-0.25, -0.2) is 0 Å². The van der Waals surface area contributed by atoms with Gasteiger partial charge in [-0.1, -0.05) is 30.2 Å². The number of ether oxygens (including phenoxy) is 1. The van der Waals surface area contributed by atoms with Crippen molar-refractivity contribution in [2.45, 2.75) is 56.6 Å². The number of piperidine rings is 2. The van der Waals surface area contributed by atoms with E-state index in [0.29, 0.717) is 23.6 Å². The Bertz CT molecular complexity index is 1020. The summed E-state index contributed by atoms with van der Waals surface area (Å²) in [6, 6.07) is 12.2. The van der Waals surface area contributed by atoms with Gasteiger partial charge in [-0.15, -0.1) is 13.2 Å². The van der Waals surface area contributed by atoms with Gasteiger partial charge in [0.2, 0.25) is 5.91 Å². The molecule has 2 aromatic rings.